The highest BCUT2D eigenvalue weighted by molar-refractivity contribution is 9.10. The van der Waals surface area contributed by atoms with Crippen LogP contribution in [0.2, 0.25) is 0 Å². The van der Waals surface area contributed by atoms with Gasteiger partial charge in [-0.3, -0.25) is 4.79 Å². The molecule has 76 valence electrons. The van der Waals surface area contributed by atoms with Gasteiger partial charge in [0.15, 0.2) is 10.4 Å². The molecule has 1 saturated heterocycles. The minimum atomic E-state index is -0.0384. The first-order valence-corrected chi connectivity index (χ1v) is 5.16. The van der Waals surface area contributed by atoms with E-state index in [1.807, 2.05) is 0 Å². The standard InChI is InChI=1S/C8H10BrN3O2/c1-12-6(8(9)10-11-12)7(13)5-2-3-14-4-5/h5H,2-4H2,1H3. The fourth-order valence-corrected chi connectivity index (χ4v) is 2.05. The Morgan fingerprint density at radius 3 is 3.00 bits per heavy atom. The fourth-order valence-electron chi connectivity index (χ4n) is 1.53. The molecule has 2 rings (SSSR count). The summed E-state index contributed by atoms with van der Waals surface area (Å²) < 4.78 is 7.17. The van der Waals surface area contributed by atoms with E-state index in [0.29, 0.717) is 23.5 Å². The second kappa shape index (κ2) is 3.78. The zero-order valence-electron chi connectivity index (χ0n) is 7.73. The van der Waals surface area contributed by atoms with Gasteiger partial charge >= 0.3 is 0 Å². The molecule has 0 aliphatic carbocycles. The van der Waals surface area contributed by atoms with Gasteiger partial charge in [0.2, 0.25) is 0 Å². The maximum atomic E-state index is 11.9. The maximum Gasteiger partial charge on any atom is 0.189 e. The summed E-state index contributed by atoms with van der Waals surface area (Å²) in [6.45, 7) is 1.18. The number of rotatable bonds is 2. The van der Waals surface area contributed by atoms with Crippen molar-refractivity contribution in [2.45, 2.75) is 6.42 Å². The van der Waals surface area contributed by atoms with Crippen LogP contribution in [0.4, 0.5) is 0 Å². The van der Waals surface area contributed by atoms with Crippen molar-refractivity contribution in [3.8, 4) is 0 Å². The van der Waals surface area contributed by atoms with E-state index in [4.69, 9.17) is 4.74 Å². The molecule has 0 aromatic carbocycles. The van der Waals surface area contributed by atoms with Gasteiger partial charge in [0.05, 0.1) is 6.61 Å². The van der Waals surface area contributed by atoms with Gasteiger partial charge in [-0.2, -0.15) is 0 Å². The summed E-state index contributed by atoms with van der Waals surface area (Å²) in [6.07, 6.45) is 0.788. The van der Waals surface area contributed by atoms with E-state index < -0.39 is 0 Å². The predicted molar refractivity (Wildman–Crippen MR) is 52.0 cm³/mol. The van der Waals surface area contributed by atoms with Crippen molar-refractivity contribution in [1.29, 1.82) is 0 Å². The van der Waals surface area contributed by atoms with Crippen molar-refractivity contribution in [3.05, 3.63) is 10.3 Å². The van der Waals surface area contributed by atoms with E-state index in [2.05, 4.69) is 26.2 Å². The Labute approximate surface area is 89.6 Å². The number of carbonyl (C=O) groups is 1. The Bertz CT molecular complexity index is 338. The highest BCUT2D eigenvalue weighted by Gasteiger charge is 2.28. The van der Waals surface area contributed by atoms with Crippen LogP contribution in [0.1, 0.15) is 16.9 Å². The first-order valence-electron chi connectivity index (χ1n) is 4.37. The average molecular weight is 260 g/mol. The van der Waals surface area contributed by atoms with Crippen molar-refractivity contribution in [2.24, 2.45) is 13.0 Å². The van der Waals surface area contributed by atoms with Gasteiger partial charge in [0.1, 0.15) is 5.69 Å². The summed E-state index contributed by atoms with van der Waals surface area (Å²) >= 11 is 3.21. The Kier molecular flexibility index (Phi) is 2.64. The quantitative estimate of drug-likeness (QED) is 0.738. The SMILES string of the molecule is Cn1nnc(Br)c1C(=O)C1CCOC1. The highest BCUT2D eigenvalue weighted by Crippen LogP contribution is 2.21. The van der Waals surface area contributed by atoms with E-state index in [9.17, 15) is 4.79 Å². The number of ether oxygens (including phenoxy) is 1. The van der Waals surface area contributed by atoms with Gasteiger partial charge in [-0.25, -0.2) is 4.68 Å². The first-order chi connectivity index (χ1) is 6.70. The number of aryl methyl sites for hydroxylation is 1. The fraction of sp³-hybridized carbons (Fsp3) is 0.625. The Morgan fingerprint density at radius 1 is 1.71 bits per heavy atom. The molecule has 0 radical (unpaired) electrons. The van der Waals surface area contributed by atoms with E-state index >= 15 is 0 Å². The van der Waals surface area contributed by atoms with Crippen LogP contribution >= 0.6 is 15.9 Å². The minimum Gasteiger partial charge on any atom is -0.381 e. The Balaban J connectivity index is 2.25. The lowest BCUT2D eigenvalue weighted by atomic mass is 10.0. The monoisotopic (exact) mass is 259 g/mol. The smallest absolute Gasteiger partial charge is 0.189 e. The van der Waals surface area contributed by atoms with Crippen molar-refractivity contribution in [3.63, 3.8) is 0 Å². The van der Waals surface area contributed by atoms with Crippen LogP contribution in [0.15, 0.2) is 4.60 Å². The van der Waals surface area contributed by atoms with Crippen LogP contribution in [0.3, 0.4) is 0 Å². The highest BCUT2D eigenvalue weighted by atomic mass is 79.9. The van der Waals surface area contributed by atoms with Crippen LogP contribution < -0.4 is 0 Å². The first kappa shape index (κ1) is 9.79. The van der Waals surface area contributed by atoms with Crippen LogP contribution in [0, 0.1) is 5.92 Å². The third-order valence-corrected chi connectivity index (χ3v) is 2.85. The minimum absolute atomic E-state index is 0.0384. The lowest BCUT2D eigenvalue weighted by Crippen LogP contribution is -2.18. The van der Waals surface area contributed by atoms with Crippen molar-refractivity contribution < 1.29 is 9.53 Å². The zero-order chi connectivity index (χ0) is 10.1. The molecule has 1 aromatic rings. The number of ketones is 1. The van der Waals surface area contributed by atoms with E-state index in [-0.39, 0.29) is 11.7 Å². The summed E-state index contributed by atoms with van der Waals surface area (Å²) in [4.78, 5) is 11.9. The van der Waals surface area contributed by atoms with Crippen LogP contribution in [0.25, 0.3) is 0 Å². The van der Waals surface area contributed by atoms with Crippen LogP contribution in [-0.2, 0) is 11.8 Å². The van der Waals surface area contributed by atoms with Crippen molar-refractivity contribution in [1.82, 2.24) is 15.0 Å². The van der Waals surface area contributed by atoms with Crippen LogP contribution in [-0.4, -0.2) is 34.0 Å². The normalized spacial score (nSPS) is 21.4. The van der Waals surface area contributed by atoms with Gasteiger partial charge in [0.25, 0.3) is 0 Å². The molecule has 1 aliphatic heterocycles. The average Bonchev–Trinajstić information content (AvgIpc) is 2.75. The maximum absolute atomic E-state index is 11.9. The summed E-state index contributed by atoms with van der Waals surface area (Å²) in [5.74, 6) is 0.0189. The Morgan fingerprint density at radius 2 is 2.50 bits per heavy atom. The number of aromatic nitrogens is 3. The van der Waals surface area contributed by atoms with Crippen molar-refractivity contribution >= 4 is 21.7 Å². The molecule has 5 nitrogen and oxygen atoms in total. The third kappa shape index (κ3) is 1.59. The molecule has 2 heterocycles. The summed E-state index contributed by atoms with van der Waals surface area (Å²) in [5, 5.41) is 7.54. The number of Topliss-reactive ketones (excluding diaryl/α,β-unsaturated/α-hetero) is 1. The molecule has 1 fully saturated rings. The third-order valence-electron chi connectivity index (χ3n) is 2.32. The Hall–Kier alpha value is -0.750. The van der Waals surface area contributed by atoms with E-state index in [1.54, 1.807) is 7.05 Å². The second-order valence-corrected chi connectivity index (χ2v) is 4.03. The van der Waals surface area contributed by atoms with Gasteiger partial charge < -0.3 is 4.74 Å². The van der Waals surface area contributed by atoms with E-state index in [0.717, 1.165) is 6.42 Å². The lowest BCUT2D eigenvalue weighted by molar-refractivity contribution is 0.0890. The summed E-state index contributed by atoms with van der Waals surface area (Å²) in [7, 11) is 1.71. The largest absolute Gasteiger partial charge is 0.381 e. The molecular weight excluding hydrogens is 250 g/mol. The number of nitrogens with zero attached hydrogens (tertiary/aromatic N) is 3. The molecule has 0 amide bonds. The summed E-state index contributed by atoms with van der Waals surface area (Å²) in [5.41, 5.74) is 0.528. The summed E-state index contributed by atoms with van der Waals surface area (Å²) in [6, 6.07) is 0. The molecule has 0 saturated carbocycles. The lowest BCUT2D eigenvalue weighted by Gasteiger charge is -2.05. The van der Waals surface area contributed by atoms with Gasteiger partial charge in [-0.15, -0.1) is 5.10 Å². The van der Waals surface area contributed by atoms with Crippen LogP contribution in [0.5, 0.6) is 0 Å². The zero-order valence-corrected chi connectivity index (χ0v) is 9.32. The molecule has 0 N–H and O–H groups in total. The molecule has 0 spiro atoms. The van der Waals surface area contributed by atoms with Gasteiger partial charge in [0, 0.05) is 19.6 Å². The van der Waals surface area contributed by atoms with E-state index in [1.165, 1.54) is 4.68 Å². The predicted octanol–water partition coefficient (Wildman–Crippen LogP) is 0.797. The molecule has 0 bridgehead atoms. The van der Waals surface area contributed by atoms with Gasteiger partial charge in [-0.1, -0.05) is 5.21 Å². The number of carbonyl (C=O) groups excluding carboxylic acids is 1. The molecule has 6 heteroatoms. The van der Waals surface area contributed by atoms with Gasteiger partial charge in [-0.05, 0) is 22.4 Å². The number of hydrogen-bond acceptors (Lipinski definition) is 4. The molecule has 14 heavy (non-hydrogen) atoms. The van der Waals surface area contributed by atoms with Crippen molar-refractivity contribution in [2.75, 3.05) is 13.2 Å². The second-order valence-electron chi connectivity index (χ2n) is 3.28. The molecule has 1 aromatic heterocycles. The molecular formula is C8H10BrN3O2. The molecule has 1 aliphatic rings. The molecule has 1 unspecified atom stereocenters. The topological polar surface area (TPSA) is 57.0 Å². The number of halogens is 1. The number of hydrogen-bond donors (Lipinski definition) is 0. The molecule has 1 atom stereocenters.